The van der Waals surface area contributed by atoms with E-state index in [2.05, 4.69) is 5.32 Å². The molecular weight excluding hydrogens is 344 g/mol. The van der Waals surface area contributed by atoms with Crippen LogP contribution in [-0.4, -0.2) is 68.3 Å². The van der Waals surface area contributed by atoms with Gasteiger partial charge in [-0.3, -0.25) is 0 Å². The van der Waals surface area contributed by atoms with Crippen molar-refractivity contribution >= 4 is 15.9 Å². The quantitative estimate of drug-likeness (QED) is 0.741. The molecule has 0 aliphatic carbocycles. The van der Waals surface area contributed by atoms with E-state index in [1.807, 2.05) is 31.2 Å². The number of hydrogen-bond acceptors (Lipinski definition) is 5. The molecule has 1 aromatic carbocycles. The highest BCUT2D eigenvalue weighted by Gasteiger charge is 2.40. The predicted octanol–water partition coefficient (Wildman–Crippen LogP) is 0.817. The largest absolute Gasteiger partial charge is 0.494 e. The maximum Gasteiger partial charge on any atom is 0.317 e. The second-order valence-electron chi connectivity index (χ2n) is 6.30. The van der Waals surface area contributed by atoms with E-state index in [-0.39, 0.29) is 17.5 Å². The fourth-order valence-corrected chi connectivity index (χ4v) is 4.59. The van der Waals surface area contributed by atoms with E-state index in [4.69, 9.17) is 4.74 Å². The van der Waals surface area contributed by atoms with Crippen LogP contribution in [0.3, 0.4) is 0 Å². The number of carbonyl (C=O) groups is 1. The van der Waals surface area contributed by atoms with Gasteiger partial charge in [-0.15, -0.1) is 0 Å². The van der Waals surface area contributed by atoms with E-state index >= 15 is 0 Å². The van der Waals surface area contributed by atoms with Crippen LogP contribution in [0, 0.1) is 0 Å². The van der Waals surface area contributed by atoms with Crippen molar-refractivity contribution in [3.05, 3.63) is 29.8 Å². The van der Waals surface area contributed by atoms with Crippen molar-refractivity contribution in [1.82, 2.24) is 10.2 Å². The number of likely N-dealkylation sites (N-methyl/N-ethyl adjacent to an activating group) is 1. The molecule has 1 aromatic rings. The average molecular weight is 370 g/mol. The second kappa shape index (κ2) is 8.53. The van der Waals surface area contributed by atoms with Gasteiger partial charge in [-0.1, -0.05) is 19.1 Å². The van der Waals surface area contributed by atoms with Crippen molar-refractivity contribution in [3.8, 4) is 5.75 Å². The Morgan fingerprint density at radius 3 is 2.56 bits per heavy atom. The summed E-state index contributed by atoms with van der Waals surface area (Å²) in [4.78, 5) is 13.4. The van der Waals surface area contributed by atoms with Crippen LogP contribution in [0.15, 0.2) is 24.3 Å². The van der Waals surface area contributed by atoms with Crippen molar-refractivity contribution in [2.45, 2.75) is 31.9 Å². The Labute approximate surface area is 148 Å². The van der Waals surface area contributed by atoms with Crippen LogP contribution in [0.25, 0.3) is 0 Å². The first kappa shape index (κ1) is 19.5. The van der Waals surface area contributed by atoms with E-state index in [1.165, 1.54) is 11.9 Å². The summed E-state index contributed by atoms with van der Waals surface area (Å²) in [6, 6.07) is 6.63. The average Bonchev–Trinajstić information content (AvgIpc) is 2.86. The minimum Gasteiger partial charge on any atom is -0.494 e. The number of nitrogens with one attached hydrogen (secondary N) is 1. The van der Waals surface area contributed by atoms with Gasteiger partial charge in [0.05, 0.1) is 30.3 Å². The van der Waals surface area contributed by atoms with Crippen LogP contribution in [0.4, 0.5) is 4.79 Å². The van der Waals surface area contributed by atoms with E-state index in [1.54, 1.807) is 0 Å². The number of benzene rings is 1. The lowest BCUT2D eigenvalue weighted by Gasteiger charge is -2.26. The third kappa shape index (κ3) is 5.61. The number of nitrogens with zero attached hydrogens (tertiary/aromatic N) is 1. The molecular formula is C17H26N2O5S. The third-order valence-electron chi connectivity index (χ3n) is 4.20. The molecule has 0 spiro atoms. The highest BCUT2D eigenvalue weighted by Crippen LogP contribution is 2.17. The molecule has 2 N–H and O–H groups in total. The molecule has 8 heteroatoms. The molecule has 0 bridgehead atoms. The maximum atomic E-state index is 12.1. The zero-order chi connectivity index (χ0) is 18.4. The normalized spacial score (nSPS) is 21.7. The summed E-state index contributed by atoms with van der Waals surface area (Å²) >= 11 is 0. The van der Waals surface area contributed by atoms with Gasteiger partial charge in [-0.25, -0.2) is 13.2 Å². The molecule has 0 radical (unpaired) electrons. The van der Waals surface area contributed by atoms with E-state index in [0.29, 0.717) is 19.6 Å². The van der Waals surface area contributed by atoms with Crippen LogP contribution < -0.4 is 10.1 Å². The molecule has 1 saturated heterocycles. The minimum absolute atomic E-state index is 0.197. The molecule has 1 fully saturated rings. The fraction of sp³-hybridized carbons (Fsp3) is 0.588. The van der Waals surface area contributed by atoms with Crippen LogP contribution in [0.5, 0.6) is 5.75 Å². The van der Waals surface area contributed by atoms with Crippen LogP contribution in [0.1, 0.15) is 18.9 Å². The molecule has 0 unspecified atom stereocenters. The number of carbonyl (C=O) groups excluding carboxylic acids is 1. The van der Waals surface area contributed by atoms with Gasteiger partial charge in [0.25, 0.3) is 0 Å². The predicted molar refractivity (Wildman–Crippen MR) is 95.5 cm³/mol. The Balaban J connectivity index is 1.78. The van der Waals surface area contributed by atoms with Gasteiger partial charge in [-0.2, -0.15) is 0 Å². The molecule has 2 atom stereocenters. The van der Waals surface area contributed by atoms with Gasteiger partial charge in [0.15, 0.2) is 9.84 Å². The van der Waals surface area contributed by atoms with Crippen molar-refractivity contribution in [2.24, 2.45) is 0 Å². The second-order valence-corrected chi connectivity index (χ2v) is 8.45. The van der Waals surface area contributed by atoms with Crippen molar-refractivity contribution in [1.29, 1.82) is 0 Å². The van der Waals surface area contributed by atoms with Gasteiger partial charge in [-0.05, 0) is 30.5 Å². The smallest absolute Gasteiger partial charge is 0.317 e. The summed E-state index contributed by atoms with van der Waals surface area (Å²) in [5.41, 5.74) is 1.07. The van der Waals surface area contributed by atoms with E-state index in [0.717, 1.165) is 17.7 Å². The first-order valence-electron chi connectivity index (χ1n) is 8.43. The Morgan fingerprint density at radius 1 is 1.32 bits per heavy atom. The molecule has 0 aromatic heterocycles. The summed E-state index contributed by atoms with van der Waals surface area (Å²) in [5, 5.41) is 12.6. The van der Waals surface area contributed by atoms with Gasteiger partial charge in [0.2, 0.25) is 0 Å². The Bertz CT molecular complexity index is 675. The monoisotopic (exact) mass is 370 g/mol. The minimum atomic E-state index is -3.28. The number of urea groups is 1. The number of hydrogen-bond donors (Lipinski definition) is 2. The highest BCUT2D eigenvalue weighted by atomic mass is 32.2. The Morgan fingerprint density at radius 2 is 2.00 bits per heavy atom. The number of aliphatic hydroxyl groups is 1. The van der Waals surface area contributed by atoms with Gasteiger partial charge in [0, 0.05) is 13.6 Å². The van der Waals surface area contributed by atoms with Crippen LogP contribution in [-0.2, 0) is 16.3 Å². The van der Waals surface area contributed by atoms with Crippen molar-refractivity contribution in [3.63, 3.8) is 0 Å². The number of aliphatic hydroxyl groups excluding tert-OH is 1. The lowest BCUT2D eigenvalue weighted by Crippen LogP contribution is -2.48. The Hall–Kier alpha value is -1.80. The molecule has 1 aliphatic rings. The highest BCUT2D eigenvalue weighted by molar-refractivity contribution is 7.91. The van der Waals surface area contributed by atoms with E-state index < -0.39 is 22.0 Å². The molecule has 25 heavy (non-hydrogen) atoms. The topological polar surface area (TPSA) is 95.9 Å². The van der Waals surface area contributed by atoms with Crippen molar-refractivity contribution in [2.75, 3.05) is 31.7 Å². The standard InChI is InChI=1S/C17H26N2O5S/c1-3-10-24-14-6-4-13(5-7-14)8-9-18-17(21)19(2)15-11-25(22,23)12-16(15)20/h4-7,15-16,20H,3,8-12H2,1-2H3,(H,18,21)/t15-,16-/m0/s1. The summed E-state index contributed by atoms with van der Waals surface area (Å²) in [6.07, 6.45) is 0.577. The number of rotatable bonds is 7. The zero-order valence-corrected chi connectivity index (χ0v) is 15.5. The summed E-state index contributed by atoms with van der Waals surface area (Å²) in [7, 11) is -1.78. The van der Waals surface area contributed by atoms with Gasteiger partial charge in [0.1, 0.15) is 5.75 Å². The van der Waals surface area contributed by atoms with Crippen LogP contribution in [0.2, 0.25) is 0 Å². The first-order chi connectivity index (χ1) is 11.8. The summed E-state index contributed by atoms with van der Waals surface area (Å²) < 4.78 is 28.6. The molecule has 140 valence electrons. The molecule has 7 nitrogen and oxygen atoms in total. The third-order valence-corrected chi connectivity index (χ3v) is 5.90. The van der Waals surface area contributed by atoms with Gasteiger partial charge < -0.3 is 20.1 Å². The zero-order valence-electron chi connectivity index (χ0n) is 14.6. The SMILES string of the molecule is CCCOc1ccc(CCNC(=O)N(C)[C@H]2CS(=O)(=O)C[C@@H]2O)cc1. The van der Waals surface area contributed by atoms with Crippen LogP contribution >= 0.6 is 0 Å². The summed E-state index contributed by atoms with van der Waals surface area (Å²) in [5.74, 6) is 0.338. The number of sulfone groups is 1. The Kier molecular flexibility index (Phi) is 6.66. The maximum absolute atomic E-state index is 12.1. The molecule has 1 heterocycles. The number of amides is 2. The molecule has 2 amide bonds. The molecule has 2 rings (SSSR count). The van der Waals surface area contributed by atoms with Gasteiger partial charge >= 0.3 is 6.03 Å². The lowest BCUT2D eigenvalue weighted by molar-refractivity contribution is 0.110. The van der Waals surface area contributed by atoms with Crippen molar-refractivity contribution < 1.29 is 23.1 Å². The lowest BCUT2D eigenvalue weighted by atomic mass is 10.1. The molecule has 1 aliphatic heterocycles. The molecule has 0 saturated carbocycles. The van der Waals surface area contributed by atoms with E-state index in [9.17, 15) is 18.3 Å². The first-order valence-corrected chi connectivity index (χ1v) is 10.3. The number of ether oxygens (including phenoxy) is 1. The fourth-order valence-electron chi connectivity index (χ4n) is 2.74. The summed E-state index contributed by atoms with van der Waals surface area (Å²) in [6.45, 7) is 3.16.